The quantitative estimate of drug-likeness (QED) is 0.918. The largest absolute Gasteiger partial charge is 0.367 e. The van der Waals surface area contributed by atoms with Crippen LogP contribution in [0, 0.1) is 6.92 Å². The van der Waals surface area contributed by atoms with Gasteiger partial charge in [-0.15, -0.1) is 0 Å². The number of halogens is 1. The molecule has 0 aliphatic carbocycles. The molecule has 1 atom stereocenters. The van der Waals surface area contributed by atoms with Crippen molar-refractivity contribution in [1.29, 1.82) is 0 Å². The molecule has 1 aromatic carbocycles. The van der Waals surface area contributed by atoms with Gasteiger partial charge in [-0.2, -0.15) is 0 Å². The zero-order valence-electron chi connectivity index (χ0n) is 12.0. The van der Waals surface area contributed by atoms with Gasteiger partial charge in [-0.25, -0.2) is 9.97 Å². The second-order valence-electron chi connectivity index (χ2n) is 4.99. The minimum atomic E-state index is 0.252. The van der Waals surface area contributed by atoms with Crippen molar-refractivity contribution in [1.82, 2.24) is 14.9 Å². The standard InChI is InChI=1S/C15H19ClN4/c1-11-4-6-12(7-5-11)14(20(2)3)9-18-15-13(16)8-17-10-19-15/h4-8,10,14H,9H2,1-3H3,(H,17,18,19). The fourth-order valence-electron chi connectivity index (χ4n) is 2.02. The molecule has 0 bridgehead atoms. The van der Waals surface area contributed by atoms with Gasteiger partial charge in [-0.05, 0) is 26.6 Å². The molecule has 106 valence electrons. The van der Waals surface area contributed by atoms with Gasteiger partial charge < -0.3 is 10.2 Å². The van der Waals surface area contributed by atoms with Crippen molar-refractivity contribution in [2.75, 3.05) is 26.0 Å². The molecule has 0 fully saturated rings. The highest BCUT2D eigenvalue weighted by molar-refractivity contribution is 6.32. The molecule has 1 heterocycles. The molecule has 4 nitrogen and oxygen atoms in total. The van der Waals surface area contributed by atoms with Crippen LogP contribution in [0.15, 0.2) is 36.8 Å². The number of hydrogen-bond acceptors (Lipinski definition) is 4. The van der Waals surface area contributed by atoms with Crippen LogP contribution in [0.25, 0.3) is 0 Å². The highest BCUT2D eigenvalue weighted by atomic mass is 35.5. The normalized spacial score (nSPS) is 12.4. The number of rotatable bonds is 5. The van der Waals surface area contributed by atoms with Gasteiger partial charge in [0.15, 0.2) is 0 Å². The number of nitrogens with one attached hydrogen (secondary N) is 1. The summed E-state index contributed by atoms with van der Waals surface area (Å²) in [5.74, 6) is 0.667. The highest BCUT2D eigenvalue weighted by Gasteiger charge is 2.14. The minimum Gasteiger partial charge on any atom is -0.367 e. The smallest absolute Gasteiger partial charge is 0.148 e. The average molecular weight is 291 g/mol. The van der Waals surface area contributed by atoms with Crippen LogP contribution < -0.4 is 5.32 Å². The summed E-state index contributed by atoms with van der Waals surface area (Å²) < 4.78 is 0. The Kier molecular flexibility index (Phi) is 4.93. The number of aromatic nitrogens is 2. The predicted molar refractivity (Wildman–Crippen MR) is 83.1 cm³/mol. The summed E-state index contributed by atoms with van der Waals surface area (Å²) in [7, 11) is 4.13. The van der Waals surface area contributed by atoms with E-state index in [1.54, 1.807) is 6.20 Å². The SMILES string of the molecule is Cc1ccc(C(CNc2ncncc2Cl)N(C)C)cc1. The van der Waals surface area contributed by atoms with E-state index in [2.05, 4.69) is 65.5 Å². The van der Waals surface area contributed by atoms with E-state index in [1.807, 2.05) is 0 Å². The summed E-state index contributed by atoms with van der Waals surface area (Å²) in [4.78, 5) is 10.2. The van der Waals surface area contributed by atoms with Gasteiger partial charge in [-0.1, -0.05) is 41.4 Å². The van der Waals surface area contributed by atoms with Gasteiger partial charge in [0.25, 0.3) is 0 Å². The lowest BCUT2D eigenvalue weighted by Crippen LogP contribution is -2.27. The Morgan fingerprint density at radius 3 is 2.55 bits per heavy atom. The molecule has 0 saturated carbocycles. The highest BCUT2D eigenvalue weighted by Crippen LogP contribution is 2.21. The second-order valence-corrected chi connectivity index (χ2v) is 5.40. The van der Waals surface area contributed by atoms with E-state index in [1.165, 1.54) is 17.5 Å². The van der Waals surface area contributed by atoms with Crippen molar-refractivity contribution in [3.63, 3.8) is 0 Å². The first-order chi connectivity index (χ1) is 9.58. The fourth-order valence-corrected chi connectivity index (χ4v) is 2.20. The van der Waals surface area contributed by atoms with Gasteiger partial charge in [0, 0.05) is 6.54 Å². The van der Waals surface area contributed by atoms with Crippen LogP contribution in [0.5, 0.6) is 0 Å². The third kappa shape index (κ3) is 3.68. The van der Waals surface area contributed by atoms with Crippen molar-refractivity contribution >= 4 is 17.4 Å². The maximum Gasteiger partial charge on any atom is 0.148 e. The molecule has 1 aromatic heterocycles. The number of likely N-dealkylation sites (N-methyl/N-ethyl adjacent to an activating group) is 1. The maximum atomic E-state index is 6.05. The summed E-state index contributed by atoms with van der Waals surface area (Å²) in [6, 6.07) is 8.82. The van der Waals surface area contributed by atoms with Crippen LogP contribution in [0.3, 0.4) is 0 Å². The third-order valence-corrected chi connectivity index (χ3v) is 3.49. The van der Waals surface area contributed by atoms with E-state index < -0.39 is 0 Å². The molecule has 0 aliphatic heterocycles. The van der Waals surface area contributed by atoms with Gasteiger partial charge >= 0.3 is 0 Å². The zero-order chi connectivity index (χ0) is 14.5. The molecular weight excluding hydrogens is 272 g/mol. The lowest BCUT2D eigenvalue weighted by atomic mass is 10.0. The lowest BCUT2D eigenvalue weighted by Gasteiger charge is -2.25. The third-order valence-electron chi connectivity index (χ3n) is 3.22. The van der Waals surface area contributed by atoms with Crippen LogP contribution in [0.1, 0.15) is 17.2 Å². The molecule has 20 heavy (non-hydrogen) atoms. The molecule has 0 amide bonds. The molecule has 0 radical (unpaired) electrons. The van der Waals surface area contributed by atoms with Gasteiger partial charge in [-0.3, -0.25) is 0 Å². The molecule has 0 saturated heterocycles. The zero-order valence-corrected chi connectivity index (χ0v) is 12.7. The Morgan fingerprint density at radius 1 is 1.25 bits per heavy atom. The van der Waals surface area contributed by atoms with Crippen LogP contribution in [0.2, 0.25) is 5.02 Å². The Hall–Kier alpha value is -1.65. The van der Waals surface area contributed by atoms with Gasteiger partial charge in [0.2, 0.25) is 0 Å². The molecule has 5 heteroatoms. The average Bonchev–Trinajstić information content (AvgIpc) is 2.42. The van der Waals surface area contributed by atoms with E-state index in [0.717, 1.165) is 6.54 Å². The molecular formula is C15H19ClN4. The number of aryl methyl sites for hydroxylation is 1. The molecule has 0 aliphatic rings. The summed E-state index contributed by atoms with van der Waals surface area (Å²) in [5, 5.41) is 3.82. The Balaban J connectivity index is 2.11. The first-order valence-electron chi connectivity index (χ1n) is 6.50. The van der Waals surface area contributed by atoms with Crippen LogP contribution in [-0.2, 0) is 0 Å². The Morgan fingerprint density at radius 2 is 1.95 bits per heavy atom. The van der Waals surface area contributed by atoms with Crippen molar-refractivity contribution in [2.45, 2.75) is 13.0 Å². The van der Waals surface area contributed by atoms with Crippen molar-refractivity contribution in [2.24, 2.45) is 0 Å². The fraction of sp³-hybridized carbons (Fsp3) is 0.333. The molecule has 2 rings (SSSR count). The first-order valence-corrected chi connectivity index (χ1v) is 6.88. The van der Waals surface area contributed by atoms with Crippen molar-refractivity contribution in [3.05, 3.63) is 52.9 Å². The predicted octanol–water partition coefficient (Wildman–Crippen LogP) is 3.15. The number of anilines is 1. The summed E-state index contributed by atoms with van der Waals surface area (Å²) in [5.41, 5.74) is 2.52. The Bertz CT molecular complexity index is 554. The number of hydrogen-bond donors (Lipinski definition) is 1. The van der Waals surface area contributed by atoms with E-state index in [4.69, 9.17) is 11.6 Å². The van der Waals surface area contributed by atoms with E-state index >= 15 is 0 Å². The molecule has 1 N–H and O–H groups in total. The van der Waals surface area contributed by atoms with Crippen molar-refractivity contribution < 1.29 is 0 Å². The molecule has 0 spiro atoms. The maximum absolute atomic E-state index is 6.05. The summed E-state index contributed by atoms with van der Waals surface area (Å²) >= 11 is 6.05. The van der Waals surface area contributed by atoms with Gasteiger partial charge in [0.05, 0.1) is 12.2 Å². The first kappa shape index (κ1) is 14.8. The van der Waals surface area contributed by atoms with Crippen molar-refractivity contribution in [3.8, 4) is 0 Å². The van der Waals surface area contributed by atoms with E-state index in [0.29, 0.717) is 10.8 Å². The number of nitrogens with zero attached hydrogens (tertiary/aromatic N) is 3. The lowest BCUT2D eigenvalue weighted by molar-refractivity contribution is 0.311. The Labute approximate surface area is 124 Å². The van der Waals surface area contributed by atoms with Gasteiger partial charge in [0.1, 0.15) is 17.2 Å². The van der Waals surface area contributed by atoms with Crippen LogP contribution in [-0.4, -0.2) is 35.5 Å². The summed E-state index contributed by atoms with van der Waals surface area (Å²) in [6.45, 7) is 2.82. The second kappa shape index (κ2) is 6.68. The summed E-state index contributed by atoms with van der Waals surface area (Å²) in [6.07, 6.45) is 3.08. The number of benzene rings is 1. The minimum absolute atomic E-state index is 0.252. The molecule has 2 aromatic rings. The van der Waals surface area contributed by atoms with Crippen LogP contribution >= 0.6 is 11.6 Å². The molecule has 1 unspecified atom stereocenters. The van der Waals surface area contributed by atoms with E-state index in [-0.39, 0.29) is 6.04 Å². The van der Waals surface area contributed by atoms with Crippen LogP contribution in [0.4, 0.5) is 5.82 Å². The van der Waals surface area contributed by atoms with E-state index in [9.17, 15) is 0 Å². The topological polar surface area (TPSA) is 41.1 Å². The monoisotopic (exact) mass is 290 g/mol.